The third kappa shape index (κ3) is 4.54. The summed E-state index contributed by atoms with van der Waals surface area (Å²) in [4.78, 5) is 31.0. The summed E-state index contributed by atoms with van der Waals surface area (Å²) in [6, 6.07) is 10.00. The van der Waals surface area contributed by atoms with Crippen molar-refractivity contribution in [3.05, 3.63) is 59.5 Å². The van der Waals surface area contributed by atoms with E-state index in [9.17, 15) is 14.0 Å². The third-order valence-corrected chi connectivity index (χ3v) is 5.87. The molecule has 1 saturated heterocycles. The molecule has 1 fully saturated rings. The highest BCUT2D eigenvalue weighted by Crippen LogP contribution is 2.32. The van der Waals surface area contributed by atoms with Crippen LogP contribution in [0.1, 0.15) is 11.1 Å². The first kappa shape index (κ1) is 21.7. The number of carbonyl (C=O) groups is 2. The van der Waals surface area contributed by atoms with Crippen LogP contribution in [0.3, 0.4) is 0 Å². The molecule has 2 heterocycles. The molecule has 0 spiro atoms. The number of halogens is 1. The van der Waals surface area contributed by atoms with Gasteiger partial charge in [-0.2, -0.15) is 0 Å². The van der Waals surface area contributed by atoms with Crippen LogP contribution in [0.4, 0.5) is 10.1 Å². The number of hydrogen-bond acceptors (Lipinski definition) is 5. The SMILES string of the molecule is COc1cc2c(cc1OC)CC(=O)N(CC(=O)N1CCN(c3ccc(F)cc3)CC1)C=C2. The lowest BCUT2D eigenvalue weighted by Crippen LogP contribution is -2.51. The van der Waals surface area contributed by atoms with E-state index < -0.39 is 0 Å². The molecule has 2 aromatic rings. The van der Waals surface area contributed by atoms with E-state index in [4.69, 9.17) is 9.47 Å². The summed E-state index contributed by atoms with van der Waals surface area (Å²) in [5.41, 5.74) is 2.62. The standard InChI is InChI=1S/C24H26FN3O4/c1-31-21-13-17-7-8-28(23(29)15-18(17)14-22(21)32-2)16-24(30)27-11-9-26(10-12-27)20-5-3-19(25)4-6-20/h3-8,13-14H,9-12,15-16H2,1-2H3. The average Bonchev–Trinajstić information content (AvgIpc) is 2.96. The zero-order valence-corrected chi connectivity index (χ0v) is 18.2. The summed E-state index contributed by atoms with van der Waals surface area (Å²) in [6.45, 7) is 2.42. The second kappa shape index (κ2) is 9.30. The fraction of sp³-hybridized carbons (Fsp3) is 0.333. The molecule has 168 valence electrons. The Balaban J connectivity index is 1.38. The molecular weight excluding hydrogens is 413 g/mol. The van der Waals surface area contributed by atoms with Crippen molar-refractivity contribution in [2.75, 3.05) is 51.8 Å². The van der Waals surface area contributed by atoms with Gasteiger partial charge in [-0.25, -0.2) is 4.39 Å². The number of fused-ring (bicyclic) bond motifs is 1. The van der Waals surface area contributed by atoms with Crippen LogP contribution >= 0.6 is 0 Å². The van der Waals surface area contributed by atoms with Gasteiger partial charge < -0.3 is 24.2 Å². The molecule has 2 aliphatic heterocycles. The number of piperazine rings is 1. The van der Waals surface area contributed by atoms with Crippen LogP contribution < -0.4 is 14.4 Å². The maximum Gasteiger partial charge on any atom is 0.242 e. The number of amides is 2. The maximum absolute atomic E-state index is 13.1. The average molecular weight is 439 g/mol. The molecule has 2 amide bonds. The van der Waals surface area contributed by atoms with Crippen LogP contribution in [-0.2, 0) is 16.0 Å². The minimum Gasteiger partial charge on any atom is -0.493 e. The molecule has 0 saturated carbocycles. The van der Waals surface area contributed by atoms with Crippen LogP contribution in [0.2, 0.25) is 0 Å². The molecule has 7 nitrogen and oxygen atoms in total. The molecule has 32 heavy (non-hydrogen) atoms. The van der Waals surface area contributed by atoms with E-state index in [-0.39, 0.29) is 30.6 Å². The number of carbonyl (C=O) groups excluding carboxylic acids is 2. The lowest BCUT2D eigenvalue weighted by atomic mass is 10.0. The molecule has 4 rings (SSSR count). The fourth-order valence-electron chi connectivity index (χ4n) is 4.02. The monoisotopic (exact) mass is 439 g/mol. The molecule has 2 aliphatic rings. The molecule has 0 bridgehead atoms. The Kier molecular flexibility index (Phi) is 6.30. The van der Waals surface area contributed by atoms with Crippen molar-refractivity contribution in [2.45, 2.75) is 6.42 Å². The van der Waals surface area contributed by atoms with Gasteiger partial charge in [0.25, 0.3) is 0 Å². The van der Waals surface area contributed by atoms with Crippen LogP contribution in [0.15, 0.2) is 42.6 Å². The summed E-state index contributed by atoms with van der Waals surface area (Å²) < 4.78 is 23.8. The molecule has 0 aromatic heterocycles. The Hall–Kier alpha value is -3.55. The molecule has 2 aromatic carbocycles. The highest BCUT2D eigenvalue weighted by molar-refractivity contribution is 5.89. The van der Waals surface area contributed by atoms with E-state index in [0.29, 0.717) is 37.7 Å². The van der Waals surface area contributed by atoms with Gasteiger partial charge in [0.05, 0.1) is 20.6 Å². The van der Waals surface area contributed by atoms with Crippen molar-refractivity contribution < 1.29 is 23.5 Å². The Morgan fingerprint density at radius 1 is 1.00 bits per heavy atom. The van der Waals surface area contributed by atoms with E-state index in [1.807, 2.05) is 12.1 Å². The van der Waals surface area contributed by atoms with Gasteiger partial charge in [0, 0.05) is 38.1 Å². The zero-order chi connectivity index (χ0) is 22.7. The topological polar surface area (TPSA) is 62.3 Å². The molecule has 0 aliphatic carbocycles. The van der Waals surface area contributed by atoms with E-state index in [1.54, 1.807) is 43.5 Å². The fourth-order valence-corrected chi connectivity index (χ4v) is 4.02. The lowest BCUT2D eigenvalue weighted by molar-refractivity contribution is -0.138. The third-order valence-electron chi connectivity index (χ3n) is 5.87. The maximum atomic E-state index is 13.1. The Morgan fingerprint density at radius 3 is 2.31 bits per heavy atom. The predicted octanol–water partition coefficient (Wildman–Crippen LogP) is 2.55. The van der Waals surface area contributed by atoms with Gasteiger partial charge in [-0.1, -0.05) is 0 Å². The smallest absolute Gasteiger partial charge is 0.242 e. The normalized spacial score (nSPS) is 16.0. The summed E-state index contributed by atoms with van der Waals surface area (Å²) in [5, 5.41) is 0. The number of rotatable bonds is 5. The highest BCUT2D eigenvalue weighted by atomic mass is 19.1. The van der Waals surface area contributed by atoms with Gasteiger partial charge in [0.1, 0.15) is 12.4 Å². The molecule has 0 unspecified atom stereocenters. The molecule has 8 heteroatoms. The first-order valence-electron chi connectivity index (χ1n) is 10.5. The zero-order valence-electron chi connectivity index (χ0n) is 18.2. The Bertz CT molecular complexity index is 1030. The molecule has 0 atom stereocenters. The summed E-state index contributed by atoms with van der Waals surface area (Å²) >= 11 is 0. The largest absolute Gasteiger partial charge is 0.493 e. The van der Waals surface area contributed by atoms with E-state index in [1.165, 1.54) is 17.0 Å². The molecular formula is C24H26FN3O4. The predicted molar refractivity (Wildman–Crippen MR) is 119 cm³/mol. The van der Waals surface area contributed by atoms with Gasteiger partial charge in [0.15, 0.2) is 11.5 Å². The lowest BCUT2D eigenvalue weighted by Gasteiger charge is -2.36. The van der Waals surface area contributed by atoms with Crippen molar-refractivity contribution >= 4 is 23.6 Å². The second-order valence-corrected chi connectivity index (χ2v) is 7.76. The summed E-state index contributed by atoms with van der Waals surface area (Å²) in [5.74, 6) is 0.646. The van der Waals surface area contributed by atoms with E-state index in [0.717, 1.165) is 16.8 Å². The van der Waals surface area contributed by atoms with Crippen LogP contribution in [0.5, 0.6) is 11.5 Å². The summed E-state index contributed by atoms with van der Waals surface area (Å²) in [6.07, 6.45) is 3.66. The first-order valence-corrected chi connectivity index (χ1v) is 10.5. The van der Waals surface area contributed by atoms with Gasteiger partial charge >= 0.3 is 0 Å². The van der Waals surface area contributed by atoms with Crippen LogP contribution in [-0.4, -0.2) is 68.6 Å². The van der Waals surface area contributed by atoms with Crippen LogP contribution in [0, 0.1) is 5.82 Å². The number of ether oxygens (including phenoxy) is 2. The molecule has 0 radical (unpaired) electrons. The highest BCUT2D eigenvalue weighted by Gasteiger charge is 2.26. The quantitative estimate of drug-likeness (QED) is 0.717. The van der Waals surface area contributed by atoms with Crippen molar-refractivity contribution in [3.63, 3.8) is 0 Å². The number of benzene rings is 2. The Labute approximate surface area is 186 Å². The Morgan fingerprint density at radius 2 is 1.66 bits per heavy atom. The van der Waals surface area contributed by atoms with E-state index in [2.05, 4.69) is 4.90 Å². The van der Waals surface area contributed by atoms with Crippen molar-refractivity contribution in [3.8, 4) is 11.5 Å². The number of methoxy groups -OCH3 is 2. The van der Waals surface area contributed by atoms with Gasteiger partial charge in [-0.3, -0.25) is 9.59 Å². The number of anilines is 1. The second-order valence-electron chi connectivity index (χ2n) is 7.76. The van der Waals surface area contributed by atoms with Crippen molar-refractivity contribution in [1.82, 2.24) is 9.80 Å². The first-order chi connectivity index (χ1) is 15.5. The van der Waals surface area contributed by atoms with Crippen molar-refractivity contribution in [1.29, 1.82) is 0 Å². The van der Waals surface area contributed by atoms with Crippen LogP contribution in [0.25, 0.3) is 6.08 Å². The van der Waals surface area contributed by atoms with E-state index >= 15 is 0 Å². The van der Waals surface area contributed by atoms with Gasteiger partial charge in [0.2, 0.25) is 11.8 Å². The van der Waals surface area contributed by atoms with Crippen molar-refractivity contribution in [2.24, 2.45) is 0 Å². The van der Waals surface area contributed by atoms with Gasteiger partial charge in [-0.15, -0.1) is 0 Å². The number of hydrogen-bond donors (Lipinski definition) is 0. The number of nitrogens with zero attached hydrogens (tertiary/aromatic N) is 3. The van der Waals surface area contributed by atoms with Gasteiger partial charge in [-0.05, 0) is 53.6 Å². The molecule has 0 N–H and O–H groups in total. The summed E-state index contributed by atoms with van der Waals surface area (Å²) in [7, 11) is 3.12. The minimum absolute atomic E-state index is 0.00581. The minimum atomic E-state index is -0.267.